The van der Waals surface area contributed by atoms with Crippen LogP contribution in [0.1, 0.15) is 31.9 Å². The van der Waals surface area contributed by atoms with Gasteiger partial charge in [0, 0.05) is 23.1 Å². The van der Waals surface area contributed by atoms with Gasteiger partial charge in [0.05, 0.1) is 24.7 Å². The van der Waals surface area contributed by atoms with Gasteiger partial charge in [-0.05, 0) is 37.6 Å². The number of carbonyl (C=O) groups excluding carboxylic acids is 1. The van der Waals surface area contributed by atoms with E-state index in [1.807, 2.05) is 13.8 Å². The third-order valence-electron chi connectivity index (χ3n) is 3.41. The van der Waals surface area contributed by atoms with Crippen LogP contribution in [0.3, 0.4) is 0 Å². The van der Waals surface area contributed by atoms with Crippen LogP contribution in [-0.2, 0) is 9.53 Å². The smallest absolute Gasteiger partial charge is 0.225 e. The summed E-state index contributed by atoms with van der Waals surface area (Å²) in [4.78, 5) is 14.0. The van der Waals surface area contributed by atoms with Crippen molar-refractivity contribution in [2.75, 3.05) is 13.1 Å². The summed E-state index contributed by atoms with van der Waals surface area (Å²) in [6.45, 7) is 4.96. The van der Waals surface area contributed by atoms with E-state index in [1.54, 1.807) is 23.1 Å². The standard InChI is InChI=1S/C15H19Cl2NO3/c1-9-7-18(8-10(2)21-9)15(20)6-14(19)11-3-12(16)5-13(17)4-11/h3-5,9-10,14,19H,6-8H2,1-2H3. The van der Waals surface area contributed by atoms with Gasteiger partial charge in [0.2, 0.25) is 5.91 Å². The molecule has 1 saturated heterocycles. The lowest BCUT2D eigenvalue weighted by Gasteiger charge is -2.35. The number of hydrogen-bond acceptors (Lipinski definition) is 3. The van der Waals surface area contributed by atoms with Gasteiger partial charge in [0.1, 0.15) is 0 Å². The summed E-state index contributed by atoms with van der Waals surface area (Å²) in [7, 11) is 0. The number of rotatable bonds is 3. The molecule has 1 aliphatic heterocycles. The van der Waals surface area contributed by atoms with E-state index in [0.29, 0.717) is 28.7 Å². The van der Waals surface area contributed by atoms with E-state index in [4.69, 9.17) is 27.9 Å². The van der Waals surface area contributed by atoms with Crippen LogP contribution in [0.15, 0.2) is 18.2 Å². The van der Waals surface area contributed by atoms with Gasteiger partial charge in [0.15, 0.2) is 0 Å². The topological polar surface area (TPSA) is 49.8 Å². The molecular formula is C15H19Cl2NO3. The summed E-state index contributed by atoms with van der Waals surface area (Å²) in [5.74, 6) is -0.0967. The Morgan fingerprint density at radius 1 is 1.29 bits per heavy atom. The monoisotopic (exact) mass is 331 g/mol. The Balaban J connectivity index is 2.01. The maximum atomic E-state index is 12.3. The maximum absolute atomic E-state index is 12.3. The average Bonchev–Trinajstić information content (AvgIpc) is 2.36. The first-order valence-electron chi connectivity index (χ1n) is 6.92. The minimum atomic E-state index is -0.915. The van der Waals surface area contributed by atoms with Crippen molar-refractivity contribution in [1.82, 2.24) is 4.90 Å². The zero-order chi connectivity index (χ0) is 15.6. The zero-order valence-corrected chi connectivity index (χ0v) is 13.6. The Bertz CT molecular complexity index is 493. The van der Waals surface area contributed by atoms with Crippen LogP contribution < -0.4 is 0 Å². The molecule has 1 fully saturated rings. The molecule has 1 aromatic rings. The predicted octanol–water partition coefficient (Wildman–Crippen LogP) is 3.05. The highest BCUT2D eigenvalue weighted by molar-refractivity contribution is 6.34. The highest BCUT2D eigenvalue weighted by Gasteiger charge is 2.27. The summed E-state index contributed by atoms with van der Waals surface area (Å²) >= 11 is 11.8. The van der Waals surface area contributed by atoms with Crippen molar-refractivity contribution < 1.29 is 14.6 Å². The Morgan fingerprint density at radius 3 is 2.33 bits per heavy atom. The number of nitrogens with zero attached hydrogens (tertiary/aromatic N) is 1. The largest absolute Gasteiger partial charge is 0.388 e. The lowest BCUT2D eigenvalue weighted by Crippen LogP contribution is -2.48. The molecule has 4 nitrogen and oxygen atoms in total. The molecule has 21 heavy (non-hydrogen) atoms. The van der Waals surface area contributed by atoms with Crippen molar-refractivity contribution in [2.24, 2.45) is 0 Å². The van der Waals surface area contributed by atoms with E-state index in [9.17, 15) is 9.90 Å². The summed E-state index contributed by atoms with van der Waals surface area (Å²) in [6.07, 6.45) is -0.885. The first-order chi connectivity index (χ1) is 9.85. The second kappa shape index (κ2) is 6.97. The highest BCUT2D eigenvalue weighted by Crippen LogP contribution is 2.26. The normalized spacial score (nSPS) is 24.0. The predicted molar refractivity (Wildman–Crippen MR) is 82.6 cm³/mol. The molecule has 0 radical (unpaired) electrons. The molecule has 0 aliphatic carbocycles. The number of amides is 1. The second-order valence-electron chi connectivity index (χ2n) is 5.48. The van der Waals surface area contributed by atoms with Crippen molar-refractivity contribution >= 4 is 29.1 Å². The molecule has 1 N–H and O–H groups in total. The molecule has 3 atom stereocenters. The van der Waals surface area contributed by atoms with Crippen molar-refractivity contribution in [3.8, 4) is 0 Å². The lowest BCUT2D eigenvalue weighted by molar-refractivity contribution is -0.145. The summed E-state index contributed by atoms with van der Waals surface area (Å²) in [5, 5.41) is 11.1. The van der Waals surface area contributed by atoms with Gasteiger partial charge < -0.3 is 14.7 Å². The lowest BCUT2D eigenvalue weighted by atomic mass is 10.1. The van der Waals surface area contributed by atoms with Crippen LogP contribution in [0, 0.1) is 0 Å². The molecule has 0 aromatic heterocycles. The van der Waals surface area contributed by atoms with E-state index in [2.05, 4.69) is 0 Å². The van der Waals surface area contributed by atoms with E-state index in [-0.39, 0.29) is 24.5 Å². The Labute approximate surface area is 134 Å². The van der Waals surface area contributed by atoms with Crippen molar-refractivity contribution in [3.63, 3.8) is 0 Å². The molecule has 1 amide bonds. The van der Waals surface area contributed by atoms with Gasteiger partial charge in [-0.3, -0.25) is 4.79 Å². The molecule has 1 heterocycles. The summed E-state index contributed by atoms with van der Waals surface area (Å²) < 4.78 is 5.60. The number of halogens is 2. The Morgan fingerprint density at radius 2 is 1.81 bits per heavy atom. The SMILES string of the molecule is CC1CN(C(=O)CC(O)c2cc(Cl)cc(Cl)c2)CC(C)O1. The third-order valence-corrected chi connectivity index (χ3v) is 3.85. The van der Waals surface area contributed by atoms with Gasteiger partial charge in [-0.15, -0.1) is 0 Å². The molecule has 116 valence electrons. The zero-order valence-electron chi connectivity index (χ0n) is 12.1. The van der Waals surface area contributed by atoms with Gasteiger partial charge in [-0.25, -0.2) is 0 Å². The molecule has 1 aromatic carbocycles. The molecule has 0 saturated carbocycles. The fourth-order valence-corrected chi connectivity index (χ4v) is 3.10. The number of carbonyl (C=O) groups is 1. The van der Waals surface area contributed by atoms with Crippen LogP contribution in [0.4, 0.5) is 0 Å². The van der Waals surface area contributed by atoms with Crippen LogP contribution in [0.5, 0.6) is 0 Å². The second-order valence-corrected chi connectivity index (χ2v) is 6.35. The maximum Gasteiger partial charge on any atom is 0.225 e. The van der Waals surface area contributed by atoms with E-state index >= 15 is 0 Å². The van der Waals surface area contributed by atoms with E-state index in [1.165, 1.54) is 0 Å². The van der Waals surface area contributed by atoms with E-state index < -0.39 is 6.10 Å². The van der Waals surface area contributed by atoms with Gasteiger partial charge >= 0.3 is 0 Å². The van der Waals surface area contributed by atoms with Gasteiger partial charge in [-0.2, -0.15) is 0 Å². The Hall–Kier alpha value is -0.810. The minimum Gasteiger partial charge on any atom is -0.388 e. The number of morpholine rings is 1. The number of aliphatic hydroxyl groups excluding tert-OH is 1. The average molecular weight is 332 g/mol. The van der Waals surface area contributed by atoms with Gasteiger partial charge in [0.25, 0.3) is 0 Å². The van der Waals surface area contributed by atoms with Gasteiger partial charge in [-0.1, -0.05) is 23.2 Å². The van der Waals surface area contributed by atoms with Crippen LogP contribution in [0.25, 0.3) is 0 Å². The fraction of sp³-hybridized carbons (Fsp3) is 0.533. The van der Waals surface area contributed by atoms with Crippen molar-refractivity contribution in [3.05, 3.63) is 33.8 Å². The summed E-state index contributed by atoms with van der Waals surface area (Å²) in [6, 6.07) is 4.83. The third kappa shape index (κ3) is 4.58. The number of aliphatic hydroxyl groups is 1. The fourth-order valence-electron chi connectivity index (χ4n) is 2.56. The quantitative estimate of drug-likeness (QED) is 0.926. The minimum absolute atomic E-state index is 0.00968. The van der Waals surface area contributed by atoms with Crippen LogP contribution >= 0.6 is 23.2 Å². The molecule has 6 heteroatoms. The first kappa shape index (κ1) is 16.6. The number of ether oxygens (including phenoxy) is 1. The number of benzene rings is 1. The van der Waals surface area contributed by atoms with Crippen LogP contribution in [-0.4, -0.2) is 41.2 Å². The molecule has 1 aliphatic rings. The van der Waals surface area contributed by atoms with Crippen molar-refractivity contribution in [1.29, 1.82) is 0 Å². The summed E-state index contributed by atoms with van der Waals surface area (Å²) in [5.41, 5.74) is 0.551. The molecule has 2 rings (SSSR count). The van der Waals surface area contributed by atoms with Crippen LogP contribution in [0.2, 0.25) is 10.0 Å². The van der Waals surface area contributed by atoms with Crippen molar-refractivity contribution in [2.45, 2.75) is 38.6 Å². The molecular weight excluding hydrogens is 313 g/mol. The molecule has 0 bridgehead atoms. The number of hydrogen-bond donors (Lipinski definition) is 1. The molecule has 3 unspecified atom stereocenters. The first-order valence-corrected chi connectivity index (χ1v) is 7.68. The Kier molecular flexibility index (Phi) is 5.49. The highest BCUT2D eigenvalue weighted by atomic mass is 35.5. The van der Waals surface area contributed by atoms with E-state index in [0.717, 1.165) is 0 Å². The molecule has 0 spiro atoms.